The van der Waals surface area contributed by atoms with E-state index < -0.39 is 0 Å². The number of Topliss-reactive ketones (excluding diaryl/α,β-unsaturated/α-hetero) is 1. The number of nitrogen functional groups attached to an aromatic ring is 1. The standard InChI is InChI=1S/C15H13ClN2O2/c1-9(19)10-5-7-11(8-6-10)18-15(20)12-3-2-4-13(16)14(12)17/h2-8H,17H2,1H3,(H,18,20). The molecule has 0 fully saturated rings. The average molecular weight is 289 g/mol. The first-order chi connectivity index (χ1) is 9.49. The van der Waals surface area contributed by atoms with Crippen LogP contribution >= 0.6 is 11.6 Å². The molecular weight excluding hydrogens is 276 g/mol. The number of hydrogen-bond donors (Lipinski definition) is 2. The molecule has 2 aromatic carbocycles. The van der Waals surface area contributed by atoms with Gasteiger partial charge in [-0.05, 0) is 43.3 Å². The Hall–Kier alpha value is -2.33. The molecule has 0 unspecified atom stereocenters. The maximum absolute atomic E-state index is 12.1. The molecule has 0 aliphatic heterocycles. The van der Waals surface area contributed by atoms with Crippen molar-refractivity contribution in [2.45, 2.75) is 6.92 Å². The molecule has 20 heavy (non-hydrogen) atoms. The van der Waals surface area contributed by atoms with E-state index in [0.717, 1.165) is 0 Å². The lowest BCUT2D eigenvalue weighted by Crippen LogP contribution is -2.14. The summed E-state index contributed by atoms with van der Waals surface area (Å²) in [6.07, 6.45) is 0. The number of nitrogens with one attached hydrogen (secondary N) is 1. The number of amides is 1. The van der Waals surface area contributed by atoms with Crippen LogP contribution in [0.4, 0.5) is 11.4 Å². The molecule has 0 spiro atoms. The zero-order valence-corrected chi connectivity index (χ0v) is 11.6. The molecular formula is C15H13ClN2O2. The van der Waals surface area contributed by atoms with Crippen molar-refractivity contribution in [3.05, 3.63) is 58.6 Å². The number of carbonyl (C=O) groups is 2. The summed E-state index contributed by atoms with van der Waals surface area (Å²) in [5.74, 6) is -0.373. The van der Waals surface area contributed by atoms with Gasteiger partial charge in [-0.3, -0.25) is 9.59 Å². The maximum atomic E-state index is 12.1. The average Bonchev–Trinajstić information content (AvgIpc) is 2.42. The number of halogens is 1. The number of anilines is 2. The highest BCUT2D eigenvalue weighted by molar-refractivity contribution is 6.34. The molecule has 5 heteroatoms. The first-order valence-electron chi connectivity index (χ1n) is 5.95. The first-order valence-corrected chi connectivity index (χ1v) is 6.33. The largest absolute Gasteiger partial charge is 0.397 e. The highest BCUT2D eigenvalue weighted by Crippen LogP contribution is 2.23. The smallest absolute Gasteiger partial charge is 0.257 e. The molecule has 102 valence electrons. The van der Waals surface area contributed by atoms with Gasteiger partial charge in [0.2, 0.25) is 0 Å². The quantitative estimate of drug-likeness (QED) is 0.672. The van der Waals surface area contributed by atoms with E-state index >= 15 is 0 Å². The van der Waals surface area contributed by atoms with Crippen molar-refractivity contribution in [3.8, 4) is 0 Å². The highest BCUT2D eigenvalue weighted by atomic mass is 35.5. The number of carbonyl (C=O) groups excluding carboxylic acids is 2. The topological polar surface area (TPSA) is 72.2 Å². The van der Waals surface area contributed by atoms with E-state index in [1.54, 1.807) is 42.5 Å². The Bertz CT molecular complexity index is 666. The molecule has 0 aliphatic rings. The molecule has 0 aliphatic carbocycles. The van der Waals surface area contributed by atoms with Crippen molar-refractivity contribution in [2.24, 2.45) is 0 Å². The Balaban J connectivity index is 2.19. The number of para-hydroxylation sites is 1. The van der Waals surface area contributed by atoms with E-state index in [2.05, 4.69) is 5.32 Å². The fraction of sp³-hybridized carbons (Fsp3) is 0.0667. The van der Waals surface area contributed by atoms with E-state index in [4.69, 9.17) is 17.3 Å². The van der Waals surface area contributed by atoms with Crippen LogP contribution in [0, 0.1) is 0 Å². The minimum atomic E-state index is -0.347. The second kappa shape index (κ2) is 5.75. The summed E-state index contributed by atoms with van der Waals surface area (Å²) < 4.78 is 0. The fourth-order valence-corrected chi connectivity index (χ4v) is 1.90. The van der Waals surface area contributed by atoms with Crippen molar-refractivity contribution in [3.63, 3.8) is 0 Å². The fourth-order valence-electron chi connectivity index (χ4n) is 1.72. The van der Waals surface area contributed by atoms with Gasteiger partial charge >= 0.3 is 0 Å². The minimum Gasteiger partial charge on any atom is -0.397 e. The van der Waals surface area contributed by atoms with Gasteiger partial charge in [-0.2, -0.15) is 0 Å². The lowest BCUT2D eigenvalue weighted by molar-refractivity contribution is 0.101. The van der Waals surface area contributed by atoms with Gasteiger partial charge in [0.05, 0.1) is 16.3 Å². The van der Waals surface area contributed by atoms with E-state index in [9.17, 15) is 9.59 Å². The number of hydrogen-bond acceptors (Lipinski definition) is 3. The first kappa shape index (κ1) is 14.1. The van der Waals surface area contributed by atoms with Crippen LogP contribution < -0.4 is 11.1 Å². The van der Waals surface area contributed by atoms with Crippen molar-refractivity contribution >= 4 is 34.7 Å². The monoisotopic (exact) mass is 288 g/mol. The van der Waals surface area contributed by atoms with Gasteiger partial charge in [-0.15, -0.1) is 0 Å². The summed E-state index contributed by atoms with van der Waals surface area (Å²) in [5.41, 5.74) is 7.49. The molecule has 0 bridgehead atoms. The zero-order valence-electron chi connectivity index (χ0n) is 10.8. The Morgan fingerprint density at radius 3 is 2.35 bits per heavy atom. The van der Waals surface area contributed by atoms with Crippen LogP contribution in [-0.2, 0) is 0 Å². The molecule has 0 saturated heterocycles. The Kier molecular flexibility index (Phi) is 4.05. The molecule has 3 N–H and O–H groups in total. The Labute approximate surface area is 121 Å². The van der Waals surface area contributed by atoms with Crippen LogP contribution in [0.2, 0.25) is 5.02 Å². The number of ketones is 1. The molecule has 0 heterocycles. The molecule has 2 rings (SSSR count). The number of rotatable bonds is 3. The predicted octanol–water partition coefficient (Wildman–Crippen LogP) is 3.38. The molecule has 0 atom stereocenters. The maximum Gasteiger partial charge on any atom is 0.257 e. The summed E-state index contributed by atoms with van der Waals surface area (Å²) in [5, 5.41) is 3.04. The van der Waals surface area contributed by atoms with E-state index in [1.165, 1.54) is 6.92 Å². The number of nitrogens with two attached hydrogens (primary N) is 1. The molecule has 0 saturated carbocycles. The van der Waals surface area contributed by atoms with Crippen molar-refractivity contribution in [1.82, 2.24) is 0 Å². The normalized spacial score (nSPS) is 10.1. The van der Waals surface area contributed by atoms with Crippen molar-refractivity contribution < 1.29 is 9.59 Å². The van der Waals surface area contributed by atoms with Gasteiger partial charge < -0.3 is 11.1 Å². The Morgan fingerprint density at radius 1 is 1.10 bits per heavy atom. The minimum absolute atomic E-state index is 0.0260. The van der Waals surface area contributed by atoms with Crippen LogP contribution in [0.3, 0.4) is 0 Å². The molecule has 2 aromatic rings. The molecule has 1 amide bonds. The summed E-state index contributed by atoms with van der Waals surface area (Å²) in [6.45, 7) is 1.49. The summed E-state index contributed by atoms with van der Waals surface area (Å²) in [6, 6.07) is 11.5. The van der Waals surface area contributed by atoms with Crippen LogP contribution in [0.15, 0.2) is 42.5 Å². The lowest BCUT2D eigenvalue weighted by atomic mass is 10.1. The summed E-state index contributed by atoms with van der Waals surface area (Å²) in [7, 11) is 0. The van der Waals surface area contributed by atoms with Crippen molar-refractivity contribution in [1.29, 1.82) is 0 Å². The second-order valence-corrected chi connectivity index (χ2v) is 4.70. The van der Waals surface area contributed by atoms with Gasteiger partial charge in [-0.25, -0.2) is 0 Å². The van der Waals surface area contributed by atoms with Crippen LogP contribution in [0.25, 0.3) is 0 Å². The van der Waals surface area contributed by atoms with E-state index in [-0.39, 0.29) is 17.4 Å². The molecule has 0 aromatic heterocycles. The van der Waals surface area contributed by atoms with E-state index in [1.807, 2.05) is 0 Å². The third-order valence-electron chi connectivity index (χ3n) is 2.85. The van der Waals surface area contributed by atoms with Gasteiger partial charge in [0.15, 0.2) is 5.78 Å². The van der Waals surface area contributed by atoms with Crippen molar-refractivity contribution in [2.75, 3.05) is 11.1 Å². The summed E-state index contributed by atoms with van der Waals surface area (Å²) >= 11 is 5.87. The highest BCUT2D eigenvalue weighted by Gasteiger charge is 2.12. The number of benzene rings is 2. The molecule has 4 nitrogen and oxygen atoms in total. The van der Waals surface area contributed by atoms with Crippen LogP contribution in [0.1, 0.15) is 27.6 Å². The van der Waals surface area contributed by atoms with Gasteiger partial charge in [0.25, 0.3) is 5.91 Å². The third-order valence-corrected chi connectivity index (χ3v) is 3.18. The van der Waals surface area contributed by atoms with E-state index in [0.29, 0.717) is 21.8 Å². The summed E-state index contributed by atoms with van der Waals surface area (Å²) in [4.78, 5) is 23.3. The van der Waals surface area contributed by atoms with Crippen LogP contribution in [-0.4, -0.2) is 11.7 Å². The van der Waals surface area contributed by atoms with Gasteiger partial charge in [0, 0.05) is 11.3 Å². The third kappa shape index (κ3) is 2.97. The van der Waals surface area contributed by atoms with Gasteiger partial charge in [-0.1, -0.05) is 17.7 Å². The predicted molar refractivity (Wildman–Crippen MR) is 80.3 cm³/mol. The second-order valence-electron chi connectivity index (χ2n) is 4.29. The zero-order chi connectivity index (χ0) is 14.7. The Morgan fingerprint density at radius 2 is 1.75 bits per heavy atom. The van der Waals surface area contributed by atoms with Crippen LogP contribution in [0.5, 0.6) is 0 Å². The molecule has 0 radical (unpaired) electrons. The lowest BCUT2D eigenvalue weighted by Gasteiger charge is -2.08. The SMILES string of the molecule is CC(=O)c1ccc(NC(=O)c2cccc(Cl)c2N)cc1. The van der Waals surface area contributed by atoms with Gasteiger partial charge in [0.1, 0.15) is 0 Å².